The molecule has 4 aromatic rings. The van der Waals surface area contributed by atoms with Gasteiger partial charge in [-0.2, -0.15) is 5.10 Å². The highest BCUT2D eigenvalue weighted by molar-refractivity contribution is 5.89. The maximum atomic E-state index is 12.7. The standard InChI is InChI=1S/C22H21N7O/c30-22(7-11-29-12-9-24-27-29)28-10-2-3-18(15-28)16-5-6-17-14-21(25-20(17)13-16)19-4-1-8-23-26-19/h1,3-6,8-9,12-14,25H,2,7,10-11,15H2. The van der Waals surface area contributed by atoms with Crippen LogP contribution in [0.15, 0.2) is 61.1 Å². The minimum absolute atomic E-state index is 0.141. The minimum Gasteiger partial charge on any atom is -0.353 e. The first-order valence-electron chi connectivity index (χ1n) is 9.98. The lowest BCUT2D eigenvalue weighted by Crippen LogP contribution is -2.35. The van der Waals surface area contributed by atoms with Crippen LogP contribution in [0.25, 0.3) is 27.9 Å². The molecule has 0 atom stereocenters. The fourth-order valence-electron chi connectivity index (χ4n) is 3.80. The van der Waals surface area contributed by atoms with Crippen LogP contribution in [-0.4, -0.2) is 54.1 Å². The number of benzene rings is 1. The van der Waals surface area contributed by atoms with Crippen LogP contribution >= 0.6 is 0 Å². The maximum absolute atomic E-state index is 12.7. The second-order valence-corrected chi connectivity index (χ2v) is 7.34. The van der Waals surface area contributed by atoms with Gasteiger partial charge < -0.3 is 9.88 Å². The molecule has 0 aliphatic carbocycles. The average molecular weight is 399 g/mol. The summed E-state index contributed by atoms with van der Waals surface area (Å²) in [4.78, 5) is 18.0. The molecule has 0 saturated carbocycles. The number of H-pyrrole nitrogens is 1. The Kier molecular flexibility index (Phi) is 4.80. The number of amides is 1. The summed E-state index contributed by atoms with van der Waals surface area (Å²) in [5.41, 5.74) is 5.11. The first-order chi connectivity index (χ1) is 14.8. The van der Waals surface area contributed by atoms with Gasteiger partial charge in [-0.3, -0.25) is 9.48 Å². The third-order valence-electron chi connectivity index (χ3n) is 5.37. The molecule has 8 heteroatoms. The second-order valence-electron chi connectivity index (χ2n) is 7.34. The SMILES string of the molecule is O=C(CCn1ccnn1)N1CCC=C(c2ccc3cc(-c4cccnn4)[nH]c3c2)C1. The van der Waals surface area contributed by atoms with Crippen LogP contribution in [-0.2, 0) is 11.3 Å². The van der Waals surface area contributed by atoms with Crippen molar-refractivity contribution in [2.45, 2.75) is 19.4 Å². The van der Waals surface area contributed by atoms with Crippen LogP contribution in [0.2, 0.25) is 0 Å². The molecule has 0 spiro atoms. The van der Waals surface area contributed by atoms with Crippen molar-refractivity contribution in [3.8, 4) is 11.4 Å². The zero-order valence-electron chi connectivity index (χ0n) is 16.4. The van der Waals surface area contributed by atoms with Crippen LogP contribution < -0.4 is 0 Å². The Morgan fingerprint density at radius 2 is 2.10 bits per heavy atom. The van der Waals surface area contributed by atoms with Crippen LogP contribution in [0.4, 0.5) is 0 Å². The van der Waals surface area contributed by atoms with Crippen LogP contribution in [0, 0.1) is 0 Å². The van der Waals surface area contributed by atoms with Crippen molar-refractivity contribution >= 4 is 22.4 Å². The van der Waals surface area contributed by atoms with Gasteiger partial charge in [0.2, 0.25) is 5.91 Å². The van der Waals surface area contributed by atoms with E-state index in [4.69, 9.17) is 0 Å². The average Bonchev–Trinajstić information content (AvgIpc) is 3.47. The van der Waals surface area contributed by atoms with Crippen LogP contribution in [0.1, 0.15) is 18.4 Å². The molecule has 0 saturated heterocycles. The Morgan fingerprint density at radius 1 is 1.13 bits per heavy atom. The number of hydrogen-bond donors (Lipinski definition) is 1. The molecule has 3 aromatic heterocycles. The molecule has 5 rings (SSSR count). The highest BCUT2D eigenvalue weighted by atomic mass is 16.2. The molecule has 1 amide bonds. The summed E-state index contributed by atoms with van der Waals surface area (Å²) in [6.45, 7) is 1.93. The Bertz CT molecular complexity index is 1190. The summed E-state index contributed by atoms with van der Waals surface area (Å²) in [6, 6.07) is 12.3. The Hall–Kier alpha value is -3.81. The monoisotopic (exact) mass is 399 g/mol. The number of nitrogens with zero attached hydrogens (tertiary/aromatic N) is 6. The number of fused-ring (bicyclic) bond motifs is 1. The molecule has 150 valence electrons. The highest BCUT2D eigenvalue weighted by Crippen LogP contribution is 2.27. The van der Waals surface area contributed by atoms with E-state index in [2.05, 4.69) is 55.8 Å². The summed E-state index contributed by atoms with van der Waals surface area (Å²) >= 11 is 0. The summed E-state index contributed by atoms with van der Waals surface area (Å²) < 4.78 is 1.69. The lowest BCUT2D eigenvalue weighted by Gasteiger charge is -2.27. The van der Waals surface area contributed by atoms with Gasteiger partial charge >= 0.3 is 0 Å². The normalized spacial score (nSPS) is 14.1. The summed E-state index contributed by atoms with van der Waals surface area (Å²) in [5.74, 6) is 0.141. The molecule has 1 aromatic carbocycles. The van der Waals surface area contributed by atoms with Crippen molar-refractivity contribution in [1.82, 2.24) is 35.1 Å². The van der Waals surface area contributed by atoms with Gasteiger partial charge in [0.1, 0.15) is 5.69 Å². The minimum atomic E-state index is 0.141. The van der Waals surface area contributed by atoms with Crippen molar-refractivity contribution in [2.75, 3.05) is 13.1 Å². The van der Waals surface area contributed by atoms with Crippen LogP contribution in [0.3, 0.4) is 0 Å². The predicted octanol–water partition coefficient (Wildman–Crippen LogP) is 2.92. The predicted molar refractivity (Wildman–Crippen MR) is 113 cm³/mol. The van der Waals surface area contributed by atoms with Crippen molar-refractivity contribution < 1.29 is 4.79 Å². The van der Waals surface area contributed by atoms with E-state index in [0.29, 0.717) is 19.5 Å². The smallest absolute Gasteiger partial charge is 0.224 e. The number of hydrogen-bond acceptors (Lipinski definition) is 5. The third-order valence-corrected chi connectivity index (χ3v) is 5.37. The summed E-state index contributed by atoms with van der Waals surface area (Å²) in [7, 11) is 0. The van der Waals surface area contributed by atoms with E-state index in [1.54, 1.807) is 23.3 Å². The number of rotatable bonds is 5. The number of carbonyl (C=O) groups excluding carboxylic acids is 1. The molecule has 8 nitrogen and oxygen atoms in total. The van der Waals surface area contributed by atoms with E-state index in [1.807, 2.05) is 17.0 Å². The number of carbonyl (C=O) groups is 1. The molecule has 4 heterocycles. The topological polar surface area (TPSA) is 92.6 Å². The molecular weight excluding hydrogens is 378 g/mol. The largest absolute Gasteiger partial charge is 0.353 e. The molecule has 0 bridgehead atoms. The zero-order chi connectivity index (χ0) is 20.3. The van der Waals surface area contributed by atoms with E-state index in [0.717, 1.165) is 40.8 Å². The van der Waals surface area contributed by atoms with Crippen molar-refractivity contribution in [3.05, 3.63) is 66.6 Å². The van der Waals surface area contributed by atoms with Gasteiger partial charge in [0.15, 0.2) is 0 Å². The third kappa shape index (κ3) is 3.71. The van der Waals surface area contributed by atoms with Crippen molar-refractivity contribution in [1.29, 1.82) is 0 Å². The van der Waals surface area contributed by atoms with Crippen molar-refractivity contribution in [3.63, 3.8) is 0 Å². The Balaban J connectivity index is 1.32. The van der Waals surface area contributed by atoms with Crippen molar-refractivity contribution in [2.24, 2.45) is 0 Å². The fourth-order valence-corrected chi connectivity index (χ4v) is 3.80. The summed E-state index contributed by atoms with van der Waals surface area (Å²) in [5, 5.41) is 16.9. The molecule has 1 aliphatic rings. The van der Waals surface area contributed by atoms with E-state index < -0.39 is 0 Å². The number of aromatic nitrogens is 6. The molecule has 0 radical (unpaired) electrons. The fraction of sp³-hybridized carbons (Fsp3) is 0.227. The first-order valence-corrected chi connectivity index (χ1v) is 9.98. The zero-order valence-corrected chi connectivity index (χ0v) is 16.4. The molecule has 1 N–H and O–H groups in total. The number of nitrogens with one attached hydrogen (secondary N) is 1. The Morgan fingerprint density at radius 3 is 2.93 bits per heavy atom. The highest BCUT2D eigenvalue weighted by Gasteiger charge is 2.19. The first kappa shape index (κ1) is 18.2. The number of aryl methyl sites for hydroxylation is 1. The summed E-state index contributed by atoms with van der Waals surface area (Å²) in [6.07, 6.45) is 8.58. The van der Waals surface area contributed by atoms with E-state index in [1.165, 1.54) is 5.57 Å². The Labute approximate surface area is 173 Å². The molecule has 30 heavy (non-hydrogen) atoms. The quantitative estimate of drug-likeness (QED) is 0.557. The molecule has 0 unspecified atom stereocenters. The van der Waals surface area contributed by atoms with Gasteiger partial charge in [-0.15, -0.1) is 10.2 Å². The van der Waals surface area contributed by atoms with Gasteiger partial charge in [0.25, 0.3) is 0 Å². The van der Waals surface area contributed by atoms with E-state index >= 15 is 0 Å². The molecular formula is C22H21N7O. The lowest BCUT2D eigenvalue weighted by atomic mass is 10.00. The van der Waals surface area contributed by atoms with Crippen LogP contribution in [0.5, 0.6) is 0 Å². The maximum Gasteiger partial charge on any atom is 0.224 e. The van der Waals surface area contributed by atoms with Gasteiger partial charge in [0.05, 0.1) is 18.4 Å². The van der Waals surface area contributed by atoms with E-state index in [9.17, 15) is 4.79 Å². The van der Waals surface area contributed by atoms with Gasteiger partial charge in [-0.25, -0.2) is 0 Å². The van der Waals surface area contributed by atoms with Gasteiger partial charge in [-0.05, 0) is 41.8 Å². The second kappa shape index (κ2) is 7.90. The lowest BCUT2D eigenvalue weighted by molar-refractivity contribution is -0.131. The van der Waals surface area contributed by atoms with E-state index in [-0.39, 0.29) is 5.91 Å². The van der Waals surface area contributed by atoms with Gasteiger partial charge in [-0.1, -0.05) is 23.4 Å². The van der Waals surface area contributed by atoms with Gasteiger partial charge in [0, 0.05) is 42.8 Å². The molecule has 0 fully saturated rings. The number of aromatic amines is 1. The molecule has 1 aliphatic heterocycles.